The maximum absolute atomic E-state index is 6.01. The number of ether oxygens (including phenoxy) is 1. The fourth-order valence-corrected chi connectivity index (χ4v) is 2.75. The average Bonchev–Trinajstić information content (AvgIpc) is 2.89. The van der Waals surface area contributed by atoms with Crippen LogP contribution in [0.3, 0.4) is 0 Å². The van der Waals surface area contributed by atoms with Crippen LogP contribution in [-0.4, -0.2) is 14.8 Å². The Morgan fingerprint density at radius 1 is 1.24 bits per heavy atom. The minimum Gasteiger partial charge on any atom is -0.485 e. The highest BCUT2D eigenvalue weighted by molar-refractivity contribution is 5.37. The number of aryl methyl sites for hydroxylation is 2. The number of nitrogens with zero attached hydrogens (tertiary/aromatic N) is 3. The van der Waals surface area contributed by atoms with E-state index < -0.39 is 0 Å². The predicted molar refractivity (Wildman–Crippen MR) is 82.6 cm³/mol. The number of hydrogen-bond donors (Lipinski definition) is 0. The van der Waals surface area contributed by atoms with E-state index in [4.69, 9.17) is 4.74 Å². The van der Waals surface area contributed by atoms with Gasteiger partial charge < -0.3 is 9.30 Å². The predicted octanol–water partition coefficient (Wildman–Crippen LogP) is 3.63. The van der Waals surface area contributed by atoms with Crippen molar-refractivity contribution in [1.29, 1.82) is 0 Å². The second-order valence-corrected chi connectivity index (χ2v) is 6.11. The summed E-state index contributed by atoms with van der Waals surface area (Å²) in [6.45, 7) is 7.99. The summed E-state index contributed by atoms with van der Waals surface area (Å²) in [5, 5.41) is 8.56. The Morgan fingerprint density at radius 2 is 2.10 bits per heavy atom. The fourth-order valence-electron chi connectivity index (χ4n) is 2.75. The maximum atomic E-state index is 6.01. The molecule has 4 heteroatoms. The Bertz CT molecular complexity index is 631. The van der Waals surface area contributed by atoms with Crippen molar-refractivity contribution in [3.05, 3.63) is 41.0 Å². The van der Waals surface area contributed by atoms with Crippen molar-refractivity contribution < 1.29 is 4.74 Å². The van der Waals surface area contributed by atoms with E-state index in [0.29, 0.717) is 12.5 Å². The van der Waals surface area contributed by atoms with Crippen molar-refractivity contribution >= 4 is 0 Å². The van der Waals surface area contributed by atoms with E-state index in [-0.39, 0.29) is 0 Å². The molecule has 0 spiro atoms. The first-order chi connectivity index (χ1) is 10.1. The van der Waals surface area contributed by atoms with Crippen LogP contribution in [0.5, 0.6) is 5.75 Å². The van der Waals surface area contributed by atoms with Crippen molar-refractivity contribution in [1.82, 2.24) is 14.8 Å². The van der Waals surface area contributed by atoms with Crippen LogP contribution in [-0.2, 0) is 19.6 Å². The van der Waals surface area contributed by atoms with Gasteiger partial charge in [0, 0.05) is 13.0 Å². The summed E-state index contributed by atoms with van der Waals surface area (Å²) in [5.74, 6) is 3.51. The Balaban J connectivity index is 1.76. The van der Waals surface area contributed by atoms with E-state index >= 15 is 0 Å². The van der Waals surface area contributed by atoms with Gasteiger partial charge in [-0.3, -0.25) is 0 Å². The van der Waals surface area contributed by atoms with Gasteiger partial charge in [0.05, 0.1) is 0 Å². The van der Waals surface area contributed by atoms with Gasteiger partial charge in [0.1, 0.15) is 18.2 Å². The molecule has 4 nitrogen and oxygen atoms in total. The van der Waals surface area contributed by atoms with E-state index in [0.717, 1.165) is 35.9 Å². The van der Waals surface area contributed by atoms with Gasteiger partial charge in [-0.25, -0.2) is 0 Å². The summed E-state index contributed by atoms with van der Waals surface area (Å²) in [5.41, 5.74) is 2.47. The van der Waals surface area contributed by atoms with Crippen LogP contribution < -0.4 is 4.74 Å². The molecule has 0 saturated carbocycles. The fraction of sp³-hybridized carbons (Fsp3) is 0.529. The molecule has 0 bridgehead atoms. The lowest BCUT2D eigenvalue weighted by atomic mass is 10.0. The Hall–Kier alpha value is -1.84. The lowest BCUT2D eigenvalue weighted by Gasteiger charge is -2.16. The molecular weight excluding hydrogens is 262 g/mol. The van der Waals surface area contributed by atoms with E-state index in [1.807, 2.05) is 0 Å². The average molecular weight is 285 g/mol. The lowest BCUT2D eigenvalue weighted by Crippen LogP contribution is -2.14. The largest absolute Gasteiger partial charge is 0.485 e. The summed E-state index contributed by atoms with van der Waals surface area (Å²) in [6, 6.07) is 6.45. The van der Waals surface area contributed by atoms with Crippen LogP contribution in [0.15, 0.2) is 18.2 Å². The van der Waals surface area contributed by atoms with Crippen LogP contribution in [0.25, 0.3) is 0 Å². The van der Waals surface area contributed by atoms with Crippen molar-refractivity contribution in [2.24, 2.45) is 0 Å². The first kappa shape index (κ1) is 14.1. The first-order valence-corrected chi connectivity index (χ1v) is 7.79. The molecule has 21 heavy (non-hydrogen) atoms. The van der Waals surface area contributed by atoms with Crippen molar-refractivity contribution in [2.45, 2.75) is 59.1 Å². The molecule has 0 saturated heterocycles. The van der Waals surface area contributed by atoms with Gasteiger partial charge >= 0.3 is 0 Å². The van der Waals surface area contributed by atoms with Crippen molar-refractivity contribution in [2.75, 3.05) is 0 Å². The molecule has 0 atom stereocenters. The third-order valence-corrected chi connectivity index (χ3v) is 4.17. The number of benzene rings is 1. The highest BCUT2D eigenvalue weighted by atomic mass is 16.5. The minimum absolute atomic E-state index is 0.495. The molecular formula is C17H23N3O. The van der Waals surface area contributed by atoms with Gasteiger partial charge in [-0.2, -0.15) is 0 Å². The summed E-state index contributed by atoms with van der Waals surface area (Å²) < 4.78 is 8.23. The Labute approximate surface area is 126 Å². The molecule has 0 unspecified atom stereocenters. The highest BCUT2D eigenvalue weighted by Gasteiger charge is 2.16. The SMILES string of the molecule is Cc1ccc(C(C)C)cc1OCc1nnc2n1CCCC2. The third kappa shape index (κ3) is 2.94. The van der Waals surface area contributed by atoms with Crippen LogP contribution >= 0.6 is 0 Å². The zero-order valence-corrected chi connectivity index (χ0v) is 13.1. The van der Waals surface area contributed by atoms with E-state index in [1.54, 1.807) is 0 Å². The zero-order chi connectivity index (χ0) is 14.8. The quantitative estimate of drug-likeness (QED) is 0.861. The molecule has 112 valence electrons. The number of rotatable bonds is 4. The molecule has 2 aromatic rings. The summed E-state index contributed by atoms with van der Waals surface area (Å²) in [7, 11) is 0. The van der Waals surface area contributed by atoms with E-state index in [1.165, 1.54) is 18.4 Å². The molecule has 1 aliphatic heterocycles. The molecule has 1 aromatic heterocycles. The van der Waals surface area contributed by atoms with Crippen LogP contribution in [0.2, 0.25) is 0 Å². The molecule has 2 heterocycles. The summed E-state index contributed by atoms with van der Waals surface area (Å²) in [4.78, 5) is 0. The topological polar surface area (TPSA) is 39.9 Å². The summed E-state index contributed by atoms with van der Waals surface area (Å²) >= 11 is 0. The van der Waals surface area contributed by atoms with Crippen LogP contribution in [0, 0.1) is 6.92 Å². The number of fused-ring (bicyclic) bond motifs is 1. The molecule has 0 fully saturated rings. The molecule has 0 aliphatic carbocycles. The molecule has 0 amide bonds. The van der Waals surface area contributed by atoms with Gasteiger partial charge in [-0.15, -0.1) is 10.2 Å². The minimum atomic E-state index is 0.495. The Morgan fingerprint density at radius 3 is 2.90 bits per heavy atom. The van der Waals surface area contributed by atoms with Gasteiger partial charge in [0.15, 0.2) is 5.82 Å². The van der Waals surface area contributed by atoms with Gasteiger partial charge in [-0.05, 0) is 42.9 Å². The molecule has 1 aromatic carbocycles. The highest BCUT2D eigenvalue weighted by Crippen LogP contribution is 2.25. The second kappa shape index (κ2) is 5.88. The van der Waals surface area contributed by atoms with Crippen molar-refractivity contribution in [3.63, 3.8) is 0 Å². The molecule has 0 radical (unpaired) electrons. The standard InChI is InChI=1S/C17H23N3O/c1-12(2)14-8-7-13(3)15(10-14)21-11-17-19-18-16-6-4-5-9-20(16)17/h7-8,10,12H,4-6,9,11H2,1-3H3. The van der Waals surface area contributed by atoms with Crippen molar-refractivity contribution in [3.8, 4) is 5.75 Å². The molecule has 0 N–H and O–H groups in total. The summed E-state index contributed by atoms with van der Waals surface area (Å²) in [6.07, 6.45) is 3.46. The zero-order valence-electron chi connectivity index (χ0n) is 13.1. The van der Waals surface area contributed by atoms with Gasteiger partial charge in [0.2, 0.25) is 0 Å². The van der Waals surface area contributed by atoms with Gasteiger partial charge in [0.25, 0.3) is 0 Å². The smallest absolute Gasteiger partial charge is 0.171 e. The lowest BCUT2D eigenvalue weighted by molar-refractivity contribution is 0.284. The second-order valence-electron chi connectivity index (χ2n) is 6.11. The Kier molecular flexibility index (Phi) is 3.95. The maximum Gasteiger partial charge on any atom is 0.171 e. The molecule has 3 rings (SSSR count). The molecule has 1 aliphatic rings. The number of hydrogen-bond acceptors (Lipinski definition) is 3. The number of aromatic nitrogens is 3. The van der Waals surface area contributed by atoms with Crippen LogP contribution in [0.4, 0.5) is 0 Å². The third-order valence-electron chi connectivity index (χ3n) is 4.17. The van der Waals surface area contributed by atoms with E-state index in [9.17, 15) is 0 Å². The monoisotopic (exact) mass is 285 g/mol. The van der Waals surface area contributed by atoms with Crippen LogP contribution in [0.1, 0.15) is 55.4 Å². The van der Waals surface area contributed by atoms with E-state index in [2.05, 4.69) is 53.7 Å². The van der Waals surface area contributed by atoms with Gasteiger partial charge in [-0.1, -0.05) is 26.0 Å². The normalized spacial score (nSPS) is 14.3. The first-order valence-electron chi connectivity index (χ1n) is 7.79.